The lowest BCUT2D eigenvalue weighted by Crippen LogP contribution is -2.21. The van der Waals surface area contributed by atoms with Crippen LogP contribution >= 0.6 is 11.3 Å². The molecule has 0 amide bonds. The number of aryl methyl sites for hydroxylation is 1. The van der Waals surface area contributed by atoms with Gasteiger partial charge in [-0.3, -0.25) is 4.90 Å². The third kappa shape index (κ3) is 2.92. The summed E-state index contributed by atoms with van der Waals surface area (Å²) in [4.78, 5) is 3.56. The number of hydrogen-bond donors (Lipinski definition) is 0. The first-order valence-corrected chi connectivity index (χ1v) is 6.63. The summed E-state index contributed by atoms with van der Waals surface area (Å²) in [6, 6.07) is 4.59. The molecule has 2 aromatic heterocycles. The molecule has 0 aliphatic carbocycles. The monoisotopic (exact) mass is 251 g/mol. The summed E-state index contributed by atoms with van der Waals surface area (Å²) in [5, 5.41) is 10.1. The van der Waals surface area contributed by atoms with Crippen LogP contribution < -0.4 is 0 Å². The molecule has 2 rings (SSSR count). The molecular weight excluding hydrogens is 234 g/mol. The molecule has 1 atom stereocenters. The molecular formula is C12H17N3OS. The summed E-state index contributed by atoms with van der Waals surface area (Å²) in [5.74, 6) is 1.39. The molecule has 0 saturated carbocycles. The summed E-state index contributed by atoms with van der Waals surface area (Å²) in [7, 11) is 2.07. The van der Waals surface area contributed by atoms with Crippen molar-refractivity contribution in [2.24, 2.45) is 0 Å². The quantitative estimate of drug-likeness (QED) is 0.819. The van der Waals surface area contributed by atoms with E-state index < -0.39 is 0 Å². The van der Waals surface area contributed by atoms with Crippen molar-refractivity contribution in [3.63, 3.8) is 0 Å². The van der Waals surface area contributed by atoms with Crippen molar-refractivity contribution in [3.05, 3.63) is 34.2 Å². The fourth-order valence-electron chi connectivity index (χ4n) is 1.59. The highest BCUT2D eigenvalue weighted by Gasteiger charge is 2.15. The number of thiophene rings is 1. The molecule has 0 saturated heterocycles. The van der Waals surface area contributed by atoms with Gasteiger partial charge in [-0.15, -0.1) is 21.5 Å². The van der Waals surface area contributed by atoms with Crippen molar-refractivity contribution in [1.82, 2.24) is 15.1 Å². The number of rotatable bonds is 5. The van der Waals surface area contributed by atoms with Gasteiger partial charge in [-0.25, -0.2) is 0 Å². The smallest absolute Gasteiger partial charge is 0.230 e. The minimum atomic E-state index is 0.368. The normalized spacial score (nSPS) is 13.2. The molecule has 2 aromatic rings. The molecule has 92 valence electrons. The van der Waals surface area contributed by atoms with Gasteiger partial charge in [0.1, 0.15) is 0 Å². The van der Waals surface area contributed by atoms with Crippen LogP contribution in [0.25, 0.3) is 0 Å². The van der Waals surface area contributed by atoms with Crippen molar-refractivity contribution in [2.45, 2.75) is 32.9 Å². The standard InChI is InChI=1S/C12H17N3OS/c1-4-11-13-14-12(16-11)8-15(3)9(2)10-6-5-7-17-10/h5-7,9H,4,8H2,1-3H3. The fourth-order valence-corrected chi connectivity index (χ4v) is 2.44. The molecule has 17 heavy (non-hydrogen) atoms. The summed E-state index contributed by atoms with van der Waals surface area (Å²) < 4.78 is 5.51. The first-order chi connectivity index (χ1) is 8.20. The minimum absolute atomic E-state index is 0.368. The van der Waals surface area contributed by atoms with Gasteiger partial charge in [-0.05, 0) is 25.4 Å². The highest BCUT2D eigenvalue weighted by atomic mass is 32.1. The van der Waals surface area contributed by atoms with Crippen molar-refractivity contribution >= 4 is 11.3 Å². The van der Waals surface area contributed by atoms with Gasteiger partial charge < -0.3 is 4.42 Å². The second kappa shape index (κ2) is 5.42. The maximum atomic E-state index is 5.51. The van der Waals surface area contributed by atoms with Gasteiger partial charge in [0.05, 0.1) is 6.54 Å². The van der Waals surface area contributed by atoms with E-state index in [4.69, 9.17) is 4.42 Å². The lowest BCUT2D eigenvalue weighted by atomic mass is 10.2. The van der Waals surface area contributed by atoms with Crippen molar-refractivity contribution in [1.29, 1.82) is 0 Å². The topological polar surface area (TPSA) is 42.2 Å². The Hall–Kier alpha value is -1.20. The maximum Gasteiger partial charge on any atom is 0.230 e. The van der Waals surface area contributed by atoms with Crippen LogP contribution in [0.2, 0.25) is 0 Å². The Kier molecular flexibility index (Phi) is 3.91. The Morgan fingerprint density at radius 2 is 2.18 bits per heavy atom. The SMILES string of the molecule is CCc1nnc(CN(C)C(C)c2cccs2)o1. The van der Waals surface area contributed by atoms with E-state index in [2.05, 4.69) is 46.6 Å². The van der Waals surface area contributed by atoms with Crippen LogP contribution in [-0.2, 0) is 13.0 Å². The van der Waals surface area contributed by atoms with E-state index in [1.54, 1.807) is 11.3 Å². The Balaban J connectivity index is 1.99. The van der Waals surface area contributed by atoms with E-state index in [-0.39, 0.29) is 0 Å². The second-order valence-corrected chi connectivity index (χ2v) is 5.03. The van der Waals surface area contributed by atoms with Gasteiger partial charge >= 0.3 is 0 Å². The average Bonchev–Trinajstić information content (AvgIpc) is 2.98. The number of aromatic nitrogens is 2. The molecule has 0 spiro atoms. The zero-order valence-corrected chi connectivity index (χ0v) is 11.2. The van der Waals surface area contributed by atoms with Gasteiger partial charge in [-0.1, -0.05) is 13.0 Å². The second-order valence-electron chi connectivity index (χ2n) is 4.05. The van der Waals surface area contributed by atoms with Gasteiger partial charge in [0.15, 0.2) is 0 Å². The van der Waals surface area contributed by atoms with E-state index in [1.165, 1.54) is 4.88 Å². The maximum absolute atomic E-state index is 5.51. The largest absolute Gasteiger partial charge is 0.424 e. The minimum Gasteiger partial charge on any atom is -0.424 e. The zero-order chi connectivity index (χ0) is 12.3. The number of nitrogens with zero attached hydrogens (tertiary/aromatic N) is 3. The molecule has 4 nitrogen and oxygen atoms in total. The molecule has 0 N–H and O–H groups in total. The van der Waals surface area contributed by atoms with Gasteiger partial charge in [0, 0.05) is 17.3 Å². The van der Waals surface area contributed by atoms with Gasteiger partial charge in [-0.2, -0.15) is 0 Å². The third-order valence-electron chi connectivity index (χ3n) is 2.81. The first kappa shape index (κ1) is 12.3. The van der Waals surface area contributed by atoms with E-state index in [1.807, 2.05) is 6.92 Å². The molecule has 0 aromatic carbocycles. The molecule has 0 radical (unpaired) electrons. The van der Waals surface area contributed by atoms with Crippen LogP contribution in [0.3, 0.4) is 0 Å². The van der Waals surface area contributed by atoms with Crippen LogP contribution in [0.1, 0.15) is 36.5 Å². The molecule has 5 heteroatoms. The van der Waals surface area contributed by atoms with E-state index in [0.717, 1.165) is 6.42 Å². The van der Waals surface area contributed by atoms with Crippen LogP contribution in [0, 0.1) is 0 Å². The molecule has 0 aliphatic rings. The van der Waals surface area contributed by atoms with Crippen LogP contribution in [0.4, 0.5) is 0 Å². The fraction of sp³-hybridized carbons (Fsp3) is 0.500. The predicted molar refractivity (Wildman–Crippen MR) is 67.9 cm³/mol. The molecule has 2 heterocycles. The summed E-state index contributed by atoms with van der Waals surface area (Å²) in [6.45, 7) is 4.88. The van der Waals surface area contributed by atoms with Crippen molar-refractivity contribution in [2.75, 3.05) is 7.05 Å². The first-order valence-electron chi connectivity index (χ1n) is 5.75. The van der Waals surface area contributed by atoms with Crippen LogP contribution in [-0.4, -0.2) is 22.1 Å². The molecule has 0 fully saturated rings. The van der Waals surface area contributed by atoms with Gasteiger partial charge in [0.2, 0.25) is 11.8 Å². The van der Waals surface area contributed by atoms with Crippen LogP contribution in [0.5, 0.6) is 0 Å². The highest BCUT2D eigenvalue weighted by molar-refractivity contribution is 7.10. The Bertz CT molecular complexity index is 452. The summed E-state index contributed by atoms with van der Waals surface area (Å²) in [6.07, 6.45) is 0.789. The molecule has 1 unspecified atom stereocenters. The lowest BCUT2D eigenvalue weighted by molar-refractivity contribution is 0.228. The van der Waals surface area contributed by atoms with E-state index in [9.17, 15) is 0 Å². The summed E-state index contributed by atoms with van der Waals surface area (Å²) in [5.41, 5.74) is 0. The van der Waals surface area contributed by atoms with E-state index >= 15 is 0 Å². The van der Waals surface area contributed by atoms with Gasteiger partial charge in [0.25, 0.3) is 0 Å². The lowest BCUT2D eigenvalue weighted by Gasteiger charge is -2.21. The average molecular weight is 251 g/mol. The molecule has 0 aliphatic heterocycles. The Morgan fingerprint density at radius 3 is 2.76 bits per heavy atom. The third-order valence-corrected chi connectivity index (χ3v) is 3.85. The van der Waals surface area contributed by atoms with Crippen molar-refractivity contribution in [3.8, 4) is 0 Å². The molecule has 0 bridgehead atoms. The van der Waals surface area contributed by atoms with Crippen LogP contribution in [0.15, 0.2) is 21.9 Å². The zero-order valence-electron chi connectivity index (χ0n) is 10.4. The summed E-state index contributed by atoms with van der Waals surface area (Å²) >= 11 is 1.77. The highest BCUT2D eigenvalue weighted by Crippen LogP contribution is 2.24. The Labute approximate surface area is 105 Å². The predicted octanol–water partition coefficient (Wildman–Crippen LogP) is 2.89. The van der Waals surface area contributed by atoms with Crippen molar-refractivity contribution < 1.29 is 4.42 Å². The van der Waals surface area contributed by atoms with E-state index in [0.29, 0.717) is 24.4 Å². The Morgan fingerprint density at radius 1 is 1.41 bits per heavy atom. The number of hydrogen-bond acceptors (Lipinski definition) is 5.